The third-order valence-electron chi connectivity index (χ3n) is 3.39. The van der Waals surface area contributed by atoms with E-state index in [2.05, 4.69) is 4.98 Å². The number of imidazole rings is 1. The van der Waals surface area contributed by atoms with E-state index in [9.17, 15) is 8.42 Å². The number of methoxy groups -OCH3 is 1. The lowest BCUT2D eigenvalue weighted by atomic mass is 10.0. The molecule has 0 saturated carbocycles. The second kappa shape index (κ2) is 5.89. The predicted octanol–water partition coefficient (Wildman–Crippen LogP) is 2.81. The average molecular weight is 308 g/mol. The molecular formula is C15H20N2O3S. The lowest BCUT2D eigenvalue weighted by molar-refractivity contribution is 0.402. The Morgan fingerprint density at radius 3 is 2.62 bits per heavy atom. The number of aromatic nitrogens is 2. The fourth-order valence-corrected chi connectivity index (χ4v) is 3.72. The maximum atomic E-state index is 12.9. The maximum absolute atomic E-state index is 12.9. The third-order valence-corrected chi connectivity index (χ3v) is 5.11. The van der Waals surface area contributed by atoms with Crippen LogP contribution in [0.2, 0.25) is 0 Å². The summed E-state index contributed by atoms with van der Waals surface area (Å²) in [5.74, 6) is 1.08. The largest absolute Gasteiger partial charge is 0.495 e. The highest BCUT2D eigenvalue weighted by Crippen LogP contribution is 2.30. The standard InChI is InChI=1S/C15H20N2O3S/c1-5-15-16-8-9-17(15)21(18,19)14-10-12(11(2)3)6-7-13(14)20-4/h6-11H,5H2,1-4H3. The highest BCUT2D eigenvalue weighted by molar-refractivity contribution is 7.90. The molecule has 5 nitrogen and oxygen atoms in total. The van der Waals surface area contributed by atoms with Gasteiger partial charge in [-0.2, -0.15) is 0 Å². The van der Waals surface area contributed by atoms with Gasteiger partial charge in [0.25, 0.3) is 10.0 Å². The number of ether oxygens (including phenoxy) is 1. The zero-order valence-electron chi connectivity index (χ0n) is 12.7. The van der Waals surface area contributed by atoms with E-state index in [4.69, 9.17) is 4.74 Å². The van der Waals surface area contributed by atoms with Crippen molar-refractivity contribution in [2.45, 2.75) is 38.0 Å². The molecule has 0 unspecified atom stereocenters. The van der Waals surface area contributed by atoms with Gasteiger partial charge in [-0.15, -0.1) is 0 Å². The minimum Gasteiger partial charge on any atom is -0.495 e. The van der Waals surface area contributed by atoms with Gasteiger partial charge < -0.3 is 4.74 Å². The number of aryl methyl sites for hydroxylation is 1. The third kappa shape index (κ3) is 2.81. The van der Waals surface area contributed by atoms with Crippen molar-refractivity contribution >= 4 is 10.0 Å². The Kier molecular flexibility index (Phi) is 4.37. The Bertz CT molecular complexity index is 733. The highest BCUT2D eigenvalue weighted by atomic mass is 32.2. The van der Waals surface area contributed by atoms with Gasteiger partial charge in [0.15, 0.2) is 0 Å². The first-order valence-electron chi connectivity index (χ1n) is 6.87. The molecule has 1 aromatic heterocycles. The minimum absolute atomic E-state index is 0.170. The molecule has 6 heteroatoms. The van der Waals surface area contributed by atoms with Gasteiger partial charge in [-0.25, -0.2) is 17.4 Å². The first kappa shape index (κ1) is 15.6. The number of benzene rings is 1. The average Bonchev–Trinajstić information content (AvgIpc) is 2.95. The molecule has 0 fully saturated rings. The SMILES string of the molecule is CCc1nccn1S(=O)(=O)c1cc(C(C)C)ccc1OC. The van der Waals surface area contributed by atoms with Gasteiger partial charge in [0, 0.05) is 18.8 Å². The second-order valence-corrected chi connectivity index (χ2v) is 6.85. The summed E-state index contributed by atoms with van der Waals surface area (Å²) in [6.45, 7) is 5.91. The fourth-order valence-electron chi connectivity index (χ4n) is 2.15. The van der Waals surface area contributed by atoms with E-state index >= 15 is 0 Å². The molecule has 0 spiro atoms. The topological polar surface area (TPSA) is 61.2 Å². The van der Waals surface area contributed by atoms with Crippen LogP contribution in [0.25, 0.3) is 0 Å². The molecule has 0 radical (unpaired) electrons. The van der Waals surface area contributed by atoms with Gasteiger partial charge >= 0.3 is 0 Å². The first-order chi connectivity index (χ1) is 9.91. The van der Waals surface area contributed by atoms with Crippen molar-refractivity contribution in [3.8, 4) is 5.75 Å². The molecule has 1 aromatic carbocycles. The fraction of sp³-hybridized carbons (Fsp3) is 0.400. The smallest absolute Gasteiger partial charge is 0.272 e. The van der Waals surface area contributed by atoms with Gasteiger partial charge in [-0.1, -0.05) is 26.8 Å². The van der Waals surface area contributed by atoms with Crippen molar-refractivity contribution in [2.75, 3.05) is 7.11 Å². The van der Waals surface area contributed by atoms with Crippen molar-refractivity contribution in [3.05, 3.63) is 42.0 Å². The van der Waals surface area contributed by atoms with Crippen LogP contribution in [0.1, 0.15) is 38.1 Å². The van der Waals surface area contributed by atoms with E-state index in [1.807, 2.05) is 26.8 Å². The summed E-state index contributed by atoms with van der Waals surface area (Å²) in [4.78, 5) is 4.25. The maximum Gasteiger partial charge on any atom is 0.272 e. The van der Waals surface area contributed by atoms with Gasteiger partial charge in [-0.05, 0) is 23.6 Å². The van der Waals surface area contributed by atoms with Crippen LogP contribution >= 0.6 is 0 Å². The van der Waals surface area contributed by atoms with Crippen molar-refractivity contribution in [1.82, 2.24) is 8.96 Å². The van der Waals surface area contributed by atoms with E-state index in [1.54, 1.807) is 12.1 Å². The molecule has 114 valence electrons. The summed E-state index contributed by atoms with van der Waals surface area (Å²) >= 11 is 0. The molecule has 21 heavy (non-hydrogen) atoms. The Morgan fingerprint density at radius 2 is 2.05 bits per heavy atom. The second-order valence-electron chi connectivity index (χ2n) is 5.06. The molecule has 0 saturated heterocycles. The van der Waals surface area contributed by atoms with Crippen molar-refractivity contribution in [1.29, 1.82) is 0 Å². The van der Waals surface area contributed by atoms with Crippen LogP contribution in [-0.4, -0.2) is 24.5 Å². The highest BCUT2D eigenvalue weighted by Gasteiger charge is 2.24. The van der Waals surface area contributed by atoms with Crippen LogP contribution < -0.4 is 4.74 Å². The van der Waals surface area contributed by atoms with Gasteiger partial charge in [-0.3, -0.25) is 0 Å². The zero-order chi connectivity index (χ0) is 15.6. The number of hydrogen-bond donors (Lipinski definition) is 0. The van der Waals surface area contributed by atoms with Crippen molar-refractivity contribution in [2.24, 2.45) is 0 Å². The summed E-state index contributed by atoms with van der Waals surface area (Å²) < 4.78 is 32.2. The van der Waals surface area contributed by atoms with Crippen LogP contribution in [0.15, 0.2) is 35.5 Å². The minimum atomic E-state index is -3.71. The molecule has 0 aliphatic heterocycles. The molecule has 2 aromatic rings. The predicted molar refractivity (Wildman–Crippen MR) is 81.3 cm³/mol. The number of rotatable bonds is 5. The monoisotopic (exact) mass is 308 g/mol. The molecule has 0 aliphatic rings. The van der Waals surface area contributed by atoms with Crippen molar-refractivity contribution < 1.29 is 13.2 Å². The summed E-state index contributed by atoms with van der Waals surface area (Å²) in [6.07, 6.45) is 3.50. The summed E-state index contributed by atoms with van der Waals surface area (Å²) in [6, 6.07) is 5.26. The van der Waals surface area contributed by atoms with Gasteiger partial charge in [0.2, 0.25) is 0 Å². The lowest BCUT2D eigenvalue weighted by Crippen LogP contribution is -2.16. The quantitative estimate of drug-likeness (QED) is 0.852. The van der Waals surface area contributed by atoms with Crippen molar-refractivity contribution in [3.63, 3.8) is 0 Å². The number of nitrogens with zero attached hydrogens (tertiary/aromatic N) is 2. The van der Waals surface area contributed by atoms with E-state index in [0.29, 0.717) is 18.0 Å². The first-order valence-corrected chi connectivity index (χ1v) is 8.31. The Labute approximate surface area is 125 Å². The molecule has 1 heterocycles. The molecule has 0 N–H and O–H groups in total. The Hall–Kier alpha value is -1.82. The summed E-state index contributed by atoms with van der Waals surface area (Å²) in [7, 11) is -2.24. The molecule has 0 bridgehead atoms. The molecule has 0 amide bonds. The van der Waals surface area contributed by atoms with Gasteiger partial charge in [0.1, 0.15) is 16.5 Å². The Morgan fingerprint density at radius 1 is 1.33 bits per heavy atom. The van der Waals surface area contributed by atoms with Crippen LogP contribution in [0.3, 0.4) is 0 Å². The van der Waals surface area contributed by atoms with Crippen LogP contribution in [0.4, 0.5) is 0 Å². The van der Waals surface area contributed by atoms with Crippen LogP contribution in [-0.2, 0) is 16.4 Å². The molecule has 0 aliphatic carbocycles. The van der Waals surface area contributed by atoms with Gasteiger partial charge in [0.05, 0.1) is 7.11 Å². The van der Waals surface area contributed by atoms with E-state index in [1.165, 1.54) is 23.5 Å². The number of hydrogen-bond acceptors (Lipinski definition) is 4. The van der Waals surface area contributed by atoms with Crippen LogP contribution in [0, 0.1) is 0 Å². The zero-order valence-corrected chi connectivity index (χ0v) is 13.5. The van der Waals surface area contributed by atoms with E-state index in [-0.39, 0.29) is 10.8 Å². The summed E-state index contributed by atoms with van der Waals surface area (Å²) in [5.41, 5.74) is 0.951. The van der Waals surface area contributed by atoms with Crippen LogP contribution in [0.5, 0.6) is 5.75 Å². The summed E-state index contributed by atoms with van der Waals surface area (Å²) in [5, 5.41) is 0. The van der Waals surface area contributed by atoms with E-state index < -0.39 is 10.0 Å². The Balaban J connectivity index is 2.66. The molecule has 2 rings (SSSR count). The lowest BCUT2D eigenvalue weighted by Gasteiger charge is -2.14. The molecule has 0 atom stereocenters. The van der Waals surface area contributed by atoms with E-state index in [0.717, 1.165) is 5.56 Å². The molecular weight excluding hydrogens is 288 g/mol. The normalized spacial score (nSPS) is 11.9.